The van der Waals surface area contributed by atoms with Crippen molar-refractivity contribution in [1.29, 1.82) is 5.26 Å². The number of benzene rings is 1. The number of nitrogens with zero attached hydrogens (tertiary/aromatic N) is 6. The van der Waals surface area contributed by atoms with Crippen LogP contribution in [0.2, 0.25) is 0 Å². The standard InChI is InChI=1S/C21H19N7O2S/c1-31(29,30)27-13-21(14-27,5-6-22)28-8-4-19(26-28)18-9-15(16-11-24-25-12-16)10-20-17(18)3-2-7-23-20/h2-4,7-12H,5,13-14H2,1H3,(H,24,25). The molecule has 1 fully saturated rings. The molecular weight excluding hydrogens is 414 g/mol. The molecule has 156 valence electrons. The van der Waals surface area contributed by atoms with Crippen LogP contribution in [0, 0.1) is 11.3 Å². The summed E-state index contributed by atoms with van der Waals surface area (Å²) in [5, 5.41) is 21.9. The van der Waals surface area contributed by atoms with E-state index in [1.54, 1.807) is 17.1 Å². The number of fused-ring (bicyclic) bond motifs is 1. The number of hydrogen-bond donors (Lipinski definition) is 1. The fourth-order valence-electron chi connectivity index (χ4n) is 4.03. The number of nitrogens with one attached hydrogen (secondary N) is 1. The van der Waals surface area contributed by atoms with Crippen molar-refractivity contribution in [2.45, 2.75) is 12.0 Å². The number of aromatic amines is 1. The minimum atomic E-state index is -3.30. The fraction of sp³-hybridized carbons (Fsp3) is 0.238. The highest BCUT2D eigenvalue weighted by Gasteiger charge is 2.49. The number of aromatic nitrogens is 5. The van der Waals surface area contributed by atoms with Crippen LogP contribution in [0.1, 0.15) is 6.42 Å². The molecule has 0 unspecified atom stereocenters. The van der Waals surface area contributed by atoms with Gasteiger partial charge in [-0.05, 0) is 29.8 Å². The van der Waals surface area contributed by atoms with Gasteiger partial charge in [-0.15, -0.1) is 0 Å². The second kappa shape index (κ2) is 7.01. The highest BCUT2D eigenvalue weighted by molar-refractivity contribution is 7.88. The molecule has 0 aliphatic carbocycles. The summed E-state index contributed by atoms with van der Waals surface area (Å²) in [5.74, 6) is 0. The van der Waals surface area contributed by atoms with Gasteiger partial charge in [0, 0.05) is 48.2 Å². The van der Waals surface area contributed by atoms with Crippen molar-refractivity contribution in [2.24, 2.45) is 0 Å². The van der Waals surface area contributed by atoms with E-state index in [1.807, 2.05) is 42.7 Å². The van der Waals surface area contributed by atoms with Crippen molar-refractivity contribution in [3.8, 4) is 28.5 Å². The normalized spacial score (nSPS) is 16.1. The van der Waals surface area contributed by atoms with Crippen molar-refractivity contribution in [3.63, 3.8) is 0 Å². The minimum Gasteiger partial charge on any atom is -0.285 e. The van der Waals surface area contributed by atoms with Gasteiger partial charge in [0.15, 0.2) is 0 Å². The van der Waals surface area contributed by atoms with E-state index < -0.39 is 15.6 Å². The van der Waals surface area contributed by atoms with Crippen molar-refractivity contribution in [1.82, 2.24) is 29.3 Å². The summed E-state index contributed by atoms with van der Waals surface area (Å²) in [6, 6.07) is 12.0. The van der Waals surface area contributed by atoms with Gasteiger partial charge in [0.1, 0.15) is 5.54 Å². The Morgan fingerprint density at radius 1 is 1.26 bits per heavy atom. The Labute approximate surface area is 179 Å². The molecule has 3 aromatic heterocycles. The minimum absolute atomic E-state index is 0.178. The van der Waals surface area contributed by atoms with Gasteiger partial charge in [-0.3, -0.25) is 14.8 Å². The molecule has 1 aromatic carbocycles. The molecule has 0 atom stereocenters. The number of nitriles is 1. The lowest BCUT2D eigenvalue weighted by Crippen LogP contribution is -2.63. The summed E-state index contributed by atoms with van der Waals surface area (Å²) in [5.41, 5.74) is 3.72. The van der Waals surface area contributed by atoms with Gasteiger partial charge in [-0.1, -0.05) is 6.07 Å². The topological polar surface area (TPSA) is 121 Å². The lowest BCUT2D eigenvalue weighted by molar-refractivity contribution is 0.0726. The molecule has 4 aromatic rings. The maximum absolute atomic E-state index is 11.9. The molecule has 1 aliphatic heterocycles. The fourth-order valence-corrected chi connectivity index (χ4v) is 4.98. The summed E-state index contributed by atoms with van der Waals surface area (Å²) < 4.78 is 26.8. The van der Waals surface area contributed by atoms with Crippen LogP contribution in [-0.2, 0) is 15.6 Å². The number of pyridine rings is 1. The molecule has 1 saturated heterocycles. The van der Waals surface area contributed by atoms with Crippen LogP contribution in [0.15, 0.2) is 55.1 Å². The van der Waals surface area contributed by atoms with E-state index in [0.717, 1.165) is 33.3 Å². The molecule has 0 radical (unpaired) electrons. The largest absolute Gasteiger partial charge is 0.285 e. The van der Waals surface area contributed by atoms with Crippen molar-refractivity contribution >= 4 is 20.9 Å². The van der Waals surface area contributed by atoms with E-state index in [1.165, 1.54) is 10.6 Å². The Balaban J connectivity index is 1.59. The summed E-state index contributed by atoms with van der Waals surface area (Å²) in [4.78, 5) is 4.51. The average Bonchev–Trinajstić information content (AvgIpc) is 3.41. The molecule has 0 amide bonds. The van der Waals surface area contributed by atoms with Gasteiger partial charge >= 0.3 is 0 Å². The van der Waals surface area contributed by atoms with Gasteiger partial charge in [0.2, 0.25) is 10.0 Å². The molecule has 1 N–H and O–H groups in total. The summed E-state index contributed by atoms with van der Waals surface area (Å²) in [6.45, 7) is 0.468. The van der Waals surface area contributed by atoms with Crippen LogP contribution in [0.3, 0.4) is 0 Å². The van der Waals surface area contributed by atoms with Crippen LogP contribution >= 0.6 is 0 Å². The molecule has 1 aliphatic rings. The molecule has 9 nitrogen and oxygen atoms in total. The zero-order chi connectivity index (χ0) is 21.6. The molecule has 31 heavy (non-hydrogen) atoms. The Hall–Kier alpha value is -3.55. The predicted molar refractivity (Wildman–Crippen MR) is 115 cm³/mol. The second-order valence-electron chi connectivity index (χ2n) is 7.82. The van der Waals surface area contributed by atoms with E-state index in [-0.39, 0.29) is 19.5 Å². The van der Waals surface area contributed by atoms with E-state index in [9.17, 15) is 13.7 Å². The molecule has 4 heterocycles. The Bertz CT molecular complexity index is 1410. The van der Waals surface area contributed by atoms with Crippen LogP contribution in [-0.4, -0.2) is 57.0 Å². The third-order valence-electron chi connectivity index (χ3n) is 5.72. The third-order valence-corrected chi connectivity index (χ3v) is 6.92. The maximum Gasteiger partial charge on any atom is 0.211 e. The predicted octanol–water partition coefficient (Wildman–Crippen LogP) is 2.37. The van der Waals surface area contributed by atoms with Gasteiger partial charge < -0.3 is 0 Å². The lowest BCUT2D eigenvalue weighted by atomic mass is 9.89. The molecule has 0 bridgehead atoms. The maximum atomic E-state index is 11.9. The first kappa shape index (κ1) is 19.4. The quantitative estimate of drug-likeness (QED) is 0.516. The Kier molecular flexibility index (Phi) is 4.39. The highest BCUT2D eigenvalue weighted by Crippen LogP contribution is 2.36. The van der Waals surface area contributed by atoms with Crippen molar-refractivity contribution in [2.75, 3.05) is 19.3 Å². The van der Waals surface area contributed by atoms with Crippen LogP contribution < -0.4 is 0 Å². The van der Waals surface area contributed by atoms with E-state index in [4.69, 9.17) is 5.10 Å². The Morgan fingerprint density at radius 3 is 2.81 bits per heavy atom. The molecule has 5 rings (SSSR count). The first-order chi connectivity index (χ1) is 14.9. The Morgan fingerprint density at radius 2 is 2.10 bits per heavy atom. The van der Waals surface area contributed by atoms with Gasteiger partial charge in [0.05, 0.1) is 36.2 Å². The highest BCUT2D eigenvalue weighted by atomic mass is 32.2. The van der Waals surface area contributed by atoms with Crippen molar-refractivity contribution < 1.29 is 8.42 Å². The van der Waals surface area contributed by atoms with Crippen molar-refractivity contribution in [3.05, 3.63) is 55.1 Å². The molecule has 0 spiro atoms. The van der Waals surface area contributed by atoms with E-state index >= 15 is 0 Å². The second-order valence-corrected chi connectivity index (χ2v) is 9.80. The third kappa shape index (κ3) is 3.28. The number of hydrogen-bond acceptors (Lipinski definition) is 6. The number of rotatable bonds is 5. The van der Waals surface area contributed by atoms with Crippen LogP contribution in [0.25, 0.3) is 33.3 Å². The average molecular weight is 433 g/mol. The summed E-state index contributed by atoms with van der Waals surface area (Å²) in [7, 11) is -3.30. The van der Waals surface area contributed by atoms with Gasteiger partial charge in [-0.2, -0.15) is 19.8 Å². The van der Waals surface area contributed by atoms with E-state index in [2.05, 4.69) is 21.3 Å². The number of H-pyrrole nitrogens is 1. The molecule has 0 saturated carbocycles. The molecule has 10 heteroatoms. The monoisotopic (exact) mass is 433 g/mol. The lowest BCUT2D eigenvalue weighted by Gasteiger charge is -2.47. The first-order valence-corrected chi connectivity index (χ1v) is 11.5. The smallest absolute Gasteiger partial charge is 0.211 e. The van der Waals surface area contributed by atoms with E-state index in [0.29, 0.717) is 0 Å². The zero-order valence-corrected chi connectivity index (χ0v) is 17.5. The summed E-state index contributed by atoms with van der Waals surface area (Å²) >= 11 is 0. The SMILES string of the molecule is CS(=O)(=O)N1CC(CC#N)(n2ccc(-c3cc(-c4cn[nH]c4)cc4ncccc34)n2)C1. The summed E-state index contributed by atoms with van der Waals surface area (Å²) in [6.07, 6.45) is 8.50. The van der Waals surface area contributed by atoms with Gasteiger partial charge in [-0.25, -0.2) is 8.42 Å². The number of sulfonamides is 1. The first-order valence-electron chi connectivity index (χ1n) is 9.66. The van der Waals surface area contributed by atoms with Gasteiger partial charge in [0.25, 0.3) is 0 Å². The molecular formula is C21H19N7O2S. The zero-order valence-electron chi connectivity index (χ0n) is 16.7. The van der Waals surface area contributed by atoms with Crippen LogP contribution in [0.4, 0.5) is 0 Å². The van der Waals surface area contributed by atoms with Crippen LogP contribution in [0.5, 0.6) is 0 Å².